The largest absolute Gasteiger partial charge is 0.506 e. The molecule has 7 heteroatoms. The van der Waals surface area contributed by atoms with E-state index in [-0.39, 0.29) is 27.4 Å². The number of rotatable bonds is 4. The molecule has 100 valence electrons. The number of phenols is 1. The minimum Gasteiger partial charge on any atom is -0.506 e. The van der Waals surface area contributed by atoms with E-state index < -0.39 is 18.2 Å². The molecule has 0 aliphatic rings. The first kappa shape index (κ1) is 15.2. The maximum Gasteiger partial charge on any atom is 0.342 e. The van der Waals surface area contributed by atoms with Crippen LogP contribution in [-0.2, 0) is 9.53 Å². The second-order valence-electron chi connectivity index (χ2n) is 3.51. The molecule has 0 heterocycles. The number of carbonyl (C=O) groups is 1. The lowest BCUT2D eigenvalue weighted by atomic mass is 10.0. The Balaban J connectivity index is 3.03. The summed E-state index contributed by atoms with van der Waals surface area (Å²) in [6.45, 7) is 1.61. The highest BCUT2D eigenvalue weighted by atomic mass is 79.9. The summed E-state index contributed by atoms with van der Waals surface area (Å²) in [7, 11) is 0. The first-order chi connectivity index (χ1) is 8.38. The van der Waals surface area contributed by atoms with Crippen LogP contribution in [0.25, 0.3) is 0 Å². The number of nitrogens with two attached hydrogens (primary N) is 1. The number of benzene rings is 1. The number of halogens is 3. The van der Waals surface area contributed by atoms with Gasteiger partial charge in [-0.3, -0.25) is 0 Å². The average molecular weight is 341 g/mol. The van der Waals surface area contributed by atoms with Crippen LogP contribution in [0.2, 0.25) is 5.02 Å². The summed E-state index contributed by atoms with van der Waals surface area (Å²) < 4.78 is 18.5. The number of aromatic hydroxyl groups is 1. The van der Waals surface area contributed by atoms with Crippen molar-refractivity contribution >= 4 is 33.5 Å². The fraction of sp³-hybridized carbons (Fsp3) is 0.364. The monoisotopic (exact) mass is 339 g/mol. The van der Waals surface area contributed by atoms with Crippen LogP contribution in [0.1, 0.15) is 18.5 Å². The number of alkyl halides is 1. The van der Waals surface area contributed by atoms with E-state index in [0.717, 1.165) is 0 Å². The fourth-order valence-corrected chi connectivity index (χ4v) is 2.20. The van der Waals surface area contributed by atoms with Crippen LogP contribution in [0.5, 0.6) is 5.75 Å². The van der Waals surface area contributed by atoms with E-state index in [9.17, 15) is 14.3 Å². The molecule has 0 radical (unpaired) electrons. The fourth-order valence-electron chi connectivity index (χ4n) is 1.37. The molecule has 0 aromatic heterocycles. The van der Waals surface area contributed by atoms with Crippen molar-refractivity contribution in [3.05, 3.63) is 27.2 Å². The molecular weight excluding hydrogens is 328 g/mol. The normalized spacial score (nSPS) is 14.1. The molecule has 0 aliphatic carbocycles. The molecule has 1 aromatic rings. The Morgan fingerprint density at radius 2 is 2.28 bits per heavy atom. The quantitative estimate of drug-likeness (QED) is 0.827. The predicted octanol–water partition coefficient (Wildman–Crippen LogP) is 2.71. The highest BCUT2D eigenvalue weighted by Crippen LogP contribution is 2.36. The number of esters is 1. The SMILES string of the molecule is CCOC(=O)C(F)[C@H](N)c1cc(Cl)cc(Br)c1O. The molecule has 0 spiro atoms. The van der Waals surface area contributed by atoms with Crippen molar-refractivity contribution in [2.75, 3.05) is 6.61 Å². The summed E-state index contributed by atoms with van der Waals surface area (Å²) in [6, 6.07) is 1.39. The molecule has 18 heavy (non-hydrogen) atoms. The van der Waals surface area contributed by atoms with Crippen molar-refractivity contribution in [1.82, 2.24) is 0 Å². The average Bonchev–Trinajstić information content (AvgIpc) is 2.32. The van der Waals surface area contributed by atoms with Crippen molar-refractivity contribution in [2.45, 2.75) is 19.1 Å². The van der Waals surface area contributed by atoms with Gasteiger partial charge in [-0.15, -0.1) is 0 Å². The van der Waals surface area contributed by atoms with E-state index >= 15 is 0 Å². The highest BCUT2D eigenvalue weighted by molar-refractivity contribution is 9.10. The number of phenolic OH excluding ortho intramolecular Hbond substituents is 1. The second kappa shape index (κ2) is 6.36. The number of carbonyl (C=O) groups excluding carboxylic acids is 1. The lowest BCUT2D eigenvalue weighted by molar-refractivity contribution is -0.149. The van der Waals surface area contributed by atoms with Crippen LogP contribution < -0.4 is 5.73 Å². The predicted molar refractivity (Wildman–Crippen MR) is 69.3 cm³/mol. The van der Waals surface area contributed by atoms with Crippen molar-refractivity contribution in [2.24, 2.45) is 5.73 Å². The van der Waals surface area contributed by atoms with Crippen LogP contribution in [0, 0.1) is 0 Å². The van der Waals surface area contributed by atoms with Gasteiger partial charge in [0, 0.05) is 10.6 Å². The lowest BCUT2D eigenvalue weighted by Crippen LogP contribution is -2.31. The molecule has 0 saturated carbocycles. The second-order valence-corrected chi connectivity index (χ2v) is 4.80. The molecule has 3 N–H and O–H groups in total. The van der Waals surface area contributed by atoms with Gasteiger partial charge in [0.2, 0.25) is 6.17 Å². The summed E-state index contributed by atoms with van der Waals surface area (Å²) in [5.74, 6) is -1.32. The first-order valence-electron chi connectivity index (χ1n) is 5.12. The van der Waals surface area contributed by atoms with Gasteiger partial charge in [-0.1, -0.05) is 11.6 Å². The summed E-state index contributed by atoms with van der Waals surface area (Å²) in [6.07, 6.45) is -2.07. The zero-order valence-electron chi connectivity index (χ0n) is 9.49. The molecule has 2 atom stereocenters. The van der Waals surface area contributed by atoms with Gasteiger partial charge >= 0.3 is 5.97 Å². The van der Waals surface area contributed by atoms with E-state index in [2.05, 4.69) is 20.7 Å². The van der Waals surface area contributed by atoms with Crippen molar-refractivity contribution in [3.8, 4) is 5.75 Å². The minimum absolute atomic E-state index is 0.0370. The Kier molecular flexibility index (Phi) is 5.37. The number of hydrogen-bond donors (Lipinski definition) is 2. The van der Waals surface area contributed by atoms with Gasteiger partial charge in [0.05, 0.1) is 17.1 Å². The van der Waals surface area contributed by atoms with Crippen molar-refractivity contribution in [1.29, 1.82) is 0 Å². The Morgan fingerprint density at radius 3 is 2.83 bits per heavy atom. The molecular formula is C11H12BrClFNO3. The van der Waals surface area contributed by atoms with Gasteiger partial charge in [0.25, 0.3) is 0 Å². The molecule has 1 rings (SSSR count). The van der Waals surface area contributed by atoms with Gasteiger partial charge < -0.3 is 15.6 Å². The third kappa shape index (κ3) is 3.34. The number of hydrogen-bond acceptors (Lipinski definition) is 4. The summed E-state index contributed by atoms with van der Waals surface area (Å²) >= 11 is 8.83. The topological polar surface area (TPSA) is 72.5 Å². The summed E-state index contributed by atoms with van der Waals surface area (Å²) in [5, 5.41) is 10.0. The molecule has 0 fully saturated rings. The van der Waals surface area contributed by atoms with Crippen LogP contribution in [0.3, 0.4) is 0 Å². The van der Waals surface area contributed by atoms with Crippen LogP contribution in [0.15, 0.2) is 16.6 Å². The van der Waals surface area contributed by atoms with Gasteiger partial charge in [-0.25, -0.2) is 9.18 Å². The third-order valence-corrected chi connectivity index (χ3v) is 3.07. The standard InChI is InChI=1S/C11H12BrClFNO3/c1-2-18-11(17)8(14)9(15)6-3-5(13)4-7(12)10(6)16/h3-4,8-9,16H,2,15H2,1H3/t8?,9-/m1/s1. The maximum atomic E-state index is 13.7. The smallest absolute Gasteiger partial charge is 0.342 e. The molecule has 4 nitrogen and oxygen atoms in total. The third-order valence-electron chi connectivity index (χ3n) is 2.24. The first-order valence-corrected chi connectivity index (χ1v) is 6.29. The summed E-state index contributed by atoms with van der Waals surface area (Å²) in [4.78, 5) is 11.2. The van der Waals surface area contributed by atoms with Gasteiger partial charge in [-0.2, -0.15) is 0 Å². The number of ether oxygens (including phenoxy) is 1. The Labute approximate surface area is 117 Å². The van der Waals surface area contributed by atoms with E-state index in [4.69, 9.17) is 17.3 Å². The Morgan fingerprint density at radius 1 is 1.67 bits per heavy atom. The molecule has 0 amide bonds. The van der Waals surface area contributed by atoms with E-state index in [1.54, 1.807) is 6.92 Å². The zero-order chi connectivity index (χ0) is 13.9. The van der Waals surface area contributed by atoms with E-state index in [1.165, 1.54) is 12.1 Å². The molecule has 1 unspecified atom stereocenters. The molecule has 1 aromatic carbocycles. The Bertz CT molecular complexity index is 458. The van der Waals surface area contributed by atoms with Gasteiger partial charge in [0.1, 0.15) is 5.75 Å². The molecule has 0 aliphatic heterocycles. The zero-order valence-corrected chi connectivity index (χ0v) is 11.8. The highest BCUT2D eigenvalue weighted by Gasteiger charge is 2.30. The van der Waals surface area contributed by atoms with Crippen LogP contribution >= 0.6 is 27.5 Å². The van der Waals surface area contributed by atoms with Crippen molar-refractivity contribution < 1.29 is 19.0 Å². The summed E-state index contributed by atoms with van der Waals surface area (Å²) in [5.41, 5.74) is 5.63. The lowest BCUT2D eigenvalue weighted by Gasteiger charge is -2.17. The Hall–Kier alpha value is -0.850. The molecule has 0 saturated heterocycles. The van der Waals surface area contributed by atoms with Gasteiger partial charge in [0.15, 0.2) is 0 Å². The molecule has 0 bridgehead atoms. The van der Waals surface area contributed by atoms with E-state index in [0.29, 0.717) is 0 Å². The van der Waals surface area contributed by atoms with Gasteiger partial charge in [-0.05, 0) is 35.0 Å². The maximum absolute atomic E-state index is 13.7. The van der Waals surface area contributed by atoms with E-state index in [1.807, 2.05) is 0 Å². The minimum atomic E-state index is -2.07. The van der Waals surface area contributed by atoms with Crippen LogP contribution in [0.4, 0.5) is 4.39 Å². The van der Waals surface area contributed by atoms with Crippen molar-refractivity contribution in [3.63, 3.8) is 0 Å². The van der Waals surface area contributed by atoms with Crippen LogP contribution in [-0.4, -0.2) is 23.9 Å².